The summed E-state index contributed by atoms with van der Waals surface area (Å²) in [7, 11) is 0. The van der Waals surface area contributed by atoms with Crippen molar-refractivity contribution in [1.29, 1.82) is 0 Å². The molecule has 2 unspecified atom stereocenters. The zero-order chi connectivity index (χ0) is 11.8. The normalized spacial score (nSPS) is 14.4. The van der Waals surface area contributed by atoms with Crippen LogP contribution < -0.4 is 5.73 Å². The molecule has 0 aliphatic heterocycles. The number of Topliss-reactive ketones (excluding diaryl/α,β-unsaturated/α-hetero) is 1. The average molecular weight is 215 g/mol. The highest BCUT2D eigenvalue weighted by Crippen LogP contribution is 2.07. The van der Waals surface area contributed by atoms with Gasteiger partial charge in [-0.1, -0.05) is 27.2 Å². The molecule has 15 heavy (non-hydrogen) atoms. The van der Waals surface area contributed by atoms with Crippen molar-refractivity contribution >= 4 is 11.8 Å². The van der Waals surface area contributed by atoms with Crippen molar-refractivity contribution in [3.8, 4) is 0 Å². The Bertz CT molecular complexity index is 216. The van der Waals surface area contributed by atoms with E-state index in [9.17, 15) is 9.59 Å². The van der Waals surface area contributed by atoms with E-state index < -0.39 is 17.8 Å². The van der Waals surface area contributed by atoms with Gasteiger partial charge in [-0.2, -0.15) is 0 Å². The summed E-state index contributed by atoms with van der Waals surface area (Å²) >= 11 is 0. The van der Waals surface area contributed by atoms with Crippen molar-refractivity contribution in [2.45, 2.75) is 58.6 Å². The number of hydrogen-bond donors (Lipinski definition) is 1. The molecule has 88 valence electrons. The van der Waals surface area contributed by atoms with Crippen LogP contribution in [-0.2, 0) is 14.3 Å². The Morgan fingerprint density at radius 1 is 1.20 bits per heavy atom. The quantitative estimate of drug-likeness (QED) is 0.515. The summed E-state index contributed by atoms with van der Waals surface area (Å²) in [4.78, 5) is 22.7. The predicted molar refractivity (Wildman–Crippen MR) is 58.4 cm³/mol. The van der Waals surface area contributed by atoms with Crippen LogP contribution in [0.25, 0.3) is 0 Å². The molecular formula is C11H21NO3. The van der Waals surface area contributed by atoms with Gasteiger partial charge in [0, 0.05) is 0 Å². The van der Waals surface area contributed by atoms with Gasteiger partial charge in [-0.3, -0.25) is 4.79 Å². The Morgan fingerprint density at radius 3 is 2.20 bits per heavy atom. The summed E-state index contributed by atoms with van der Waals surface area (Å²) in [5.74, 6) is -1.41. The highest BCUT2D eigenvalue weighted by atomic mass is 16.5. The lowest BCUT2D eigenvalue weighted by Gasteiger charge is -2.15. The largest absolute Gasteiger partial charge is 0.457 e. The van der Waals surface area contributed by atoms with Gasteiger partial charge in [-0.15, -0.1) is 0 Å². The first kappa shape index (κ1) is 14.1. The maximum Gasteiger partial charge on any atom is 0.376 e. The first-order valence-corrected chi connectivity index (χ1v) is 5.57. The van der Waals surface area contributed by atoms with Crippen LogP contribution in [-0.4, -0.2) is 23.9 Å². The summed E-state index contributed by atoms with van der Waals surface area (Å²) in [6.45, 7) is 5.70. The second kappa shape index (κ2) is 7.40. The van der Waals surface area contributed by atoms with Crippen molar-refractivity contribution < 1.29 is 14.3 Å². The summed E-state index contributed by atoms with van der Waals surface area (Å²) in [6.07, 6.45) is 2.75. The zero-order valence-electron chi connectivity index (χ0n) is 9.79. The van der Waals surface area contributed by atoms with Crippen LogP contribution in [0, 0.1) is 0 Å². The molecular weight excluding hydrogens is 194 g/mol. The number of rotatable bonds is 7. The van der Waals surface area contributed by atoms with E-state index in [4.69, 9.17) is 10.5 Å². The van der Waals surface area contributed by atoms with Gasteiger partial charge in [0.15, 0.2) is 0 Å². The molecule has 0 aliphatic carbocycles. The Hall–Kier alpha value is -0.900. The lowest BCUT2D eigenvalue weighted by atomic mass is 10.1. The van der Waals surface area contributed by atoms with Gasteiger partial charge in [0.05, 0.1) is 6.04 Å². The van der Waals surface area contributed by atoms with Crippen LogP contribution in [0.3, 0.4) is 0 Å². The van der Waals surface area contributed by atoms with Gasteiger partial charge >= 0.3 is 5.97 Å². The minimum absolute atomic E-state index is 0.157. The van der Waals surface area contributed by atoms with E-state index in [1.807, 2.05) is 13.8 Å². The lowest BCUT2D eigenvalue weighted by Crippen LogP contribution is -2.37. The summed E-state index contributed by atoms with van der Waals surface area (Å²) in [6, 6.07) is -0.725. The molecule has 0 rings (SSSR count). The Balaban J connectivity index is 4.15. The van der Waals surface area contributed by atoms with E-state index in [0.29, 0.717) is 6.42 Å². The third-order valence-corrected chi connectivity index (χ3v) is 2.32. The van der Waals surface area contributed by atoms with E-state index in [2.05, 4.69) is 0 Å². The number of carbonyl (C=O) groups excluding carboxylic acids is 2. The molecule has 2 atom stereocenters. The van der Waals surface area contributed by atoms with Crippen LogP contribution >= 0.6 is 0 Å². The molecule has 0 aromatic heterocycles. The molecule has 0 saturated heterocycles. The molecule has 0 spiro atoms. The fourth-order valence-corrected chi connectivity index (χ4v) is 1.21. The van der Waals surface area contributed by atoms with Crippen LogP contribution in [0.2, 0.25) is 0 Å². The molecule has 4 nitrogen and oxygen atoms in total. The van der Waals surface area contributed by atoms with Gasteiger partial charge in [0.25, 0.3) is 5.78 Å². The first-order valence-electron chi connectivity index (χ1n) is 5.57. The molecule has 0 aromatic carbocycles. The Labute approximate surface area is 91.2 Å². The summed E-state index contributed by atoms with van der Waals surface area (Å²) in [5.41, 5.74) is 5.46. The molecule has 0 amide bonds. The third kappa shape index (κ3) is 4.93. The second-order valence-electron chi connectivity index (χ2n) is 3.60. The number of esters is 1. The van der Waals surface area contributed by atoms with Gasteiger partial charge in [0.2, 0.25) is 0 Å². The number of ketones is 1. The smallest absolute Gasteiger partial charge is 0.376 e. The molecule has 0 saturated carbocycles. The zero-order valence-corrected chi connectivity index (χ0v) is 9.79. The molecule has 0 bridgehead atoms. The van der Waals surface area contributed by atoms with Crippen molar-refractivity contribution in [2.75, 3.05) is 0 Å². The van der Waals surface area contributed by atoms with Crippen molar-refractivity contribution in [1.82, 2.24) is 0 Å². The van der Waals surface area contributed by atoms with Crippen molar-refractivity contribution in [3.63, 3.8) is 0 Å². The van der Waals surface area contributed by atoms with Crippen LogP contribution in [0.5, 0.6) is 0 Å². The molecule has 2 N–H and O–H groups in total. The molecule has 4 heteroatoms. The van der Waals surface area contributed by atoms with Crippen LogP contribution in [0.4, 0.5) is 0 Å². The first-order chi connectivity index (χ1) is 7.06. The van der Waals surface area contributed by atoms with E-state index in [1.165, 1.54) is 0 Å². The summed E-state index contributed by atoms with van der Waals surface area (Å²) in [5, 5.41) is 0. The molecule has 0 fully saturated rings. The third-order valence-electron chi connectivity index (χ3n) is 2.32. The molecule has 0 aromatic rings. The SMILES string of the molecule is CCCC(CC)OC(=O)C(=O)C(N)CC. The van der Waals surface area contributed by atoms with Gasteiger partial charge in [0.1, 0.15) is 6.10 Å². The minimum Gasteiger partial charge on any atom is -0.457 e. The minimum atomic E-state index is -0.787. The van der Waals surface area contributed by atoms with Gasteiger partial charge in [-0.25, -0.2) is 4.79 Å². The second-order valence-corrected chi connectivity index (χ2v) is 3.60. The Kier molecular flexibility index (Phi) is 6.96. The monoisotopic (exact) mass is 215 g/mol. The standard InChI is InChI=1S/C11H21NO3/c1-4-7-8(5-2)15-11(14)10(13)9(12)6-3/h8-9H,4-7,12H2,1-3H3. The molecule has 0 radical (unpaired) electrons. The fourth-order valence-electron chi connectivity index (χ4n) is 1.21. The molecule has 0 heterocycles. The predicted octanol–water partition coefficient (Wildman–Crippen LogP) is 1.41. The number of hydrogen-bond acceptors (Lipinski definition) is 4. The van der Waals surface area contributed by atoms with Crippen LogP contribution in [0.15, 0.2) is 0 Å². The highest BCUT2D eigenvalue weighted by Gasteiger charge is 2.24. The van der Waals surface area contributed by atoms with Gasteiger partial charge < -0.3 is 10.5 Å². The number of ether oxygens (including phenoxy) is 1. The maximum atomic E-state index is 11.3. The fraction of sp³-hybridized carbons (Fsp3) is 0.818. The van der Waals surface area contributed by atoms with Gasteiger partial charge in [-0.05, 0) is 19.3 Å². The Morgan fingerprint density at radius 2 is 1.80 bits per heavy atom. The van der Waals surface area contributed by atoms with Crippen molar-refractivity contribution in [2.24, 2.45) is 5.73 Å². The van der Waals surface area contributed by atoms with Crippen molar-refractivity contribution in [3.05, 3.63) is 0 Å². The van der Waals surface area contributed by atoms with E-state index in [0.717, 1.165) is 19.3 Å². The van der Waals surface area contributed by atoms with E-state index in [1.54, 1.807) is 6.92 Å². The average Bonchev–Trinajstić information content (AvgIpc) is 2.26. The van der Waals surface area contributed by atoms with E-state index in [-0.39, 0.29) is 6.10 Å². The number of carbonyl (C=O) groups is 2. The highest BCUT2D eigenvalue weighted by molar-refractivity contribution is 6.35. The molecule has 0 aliphatic rings. The van der Waals surface area contributed by atoms with Crippen LogP contribution in [0.1, 0.15) is 46.5 Å². The maximum absolute atomic E-state index is 11.3. The summed E-state index contributed by atoms with van der Waals surface area (Å²) < 4.78 is 5.06. The lowest BCUT2D eigenvalue weighted by molar-refractivity contribution is -0.158. The van der Waals surface area contributed by atoms with E-state index >= 15 is 0 Å². The number of nitrogens with two attached hydrogens (primary N) is 1. The topological polar surface area (TPSA) is 69.4 Å².